The molecule has 0 amide bonds. The van der Waals surface area contributed by atoms with E-state index in [-0.39, 0.29) is 0 Å². The van der Waals surface area contributed by atoms with Crippen molar-refractivity contribution in [3.05, 3.63) is 66.2 Å². The van der Waals surface area contributed by atoms with Crippen LogP contribution in [0, 0.1) is 22.7 Å². The summed E-state index contributed by atoms with van der Waals surface area (Å²) in [6.07, 6.45) is 2.67. The average molecular weight is 442 g/mol. The van der Waals surface area contributed by atoms with Gasteiger partial charge in [-0.3, -0.25) is 0 Å². The van der Waals surface area contributed by atoms with Crippen LogP contribution in [0.15, 0.2) is 81.1 Å². The molecule has 0 atom stereocenters. The van der Waals surface area contributed by atoms with Crippen molar-refractivity contribution in [1.29, 1.82) is 10.5 Å². The molecule has 1 aromatic heterocycles. The van der Waals surface area contributed by atoms with Crippen LogP contribution in [0.4, 0.5) is 27.1 Å². The largest absolute Gasteiger partial charge is 0.371 e. The molecule has 160 valence electrons. The van der Waals surface area contributed by atoms with Gasteiger partial charge in [-0.1, -0.05) is 42.9 Å². The molecular formula is C24H23N7S. The summed E-state index contributed by atoms with van der Waals surface area (Å²) in [7, 11) is 0. The minimum Gasteiger partial charge on any atom is -0.371 e. The Hall–Kier alpha value is -3.88. The van der Waals surface area contributed by atoms with Gasteiger partial charge in [-0.2, -0.15) is 10.5 Å². The van der Waals surface area contributed by atoms with Crippen LogP contribution in [0.1, 0.15) is 31.7 Å². The number of anilines is 1. The van der Waals surface area contributed by atoms with Gasteiger partial charge in [0.05, 0.1) is 29.4 Å². The summed E-state index contributed by atoms with van der Waals surface area (Å²) >= 11 is 1.27. The summed E-state index contributed by atoms with van der Waals surface area (Å²) in [6, 6.07) is 23.2. The predicted molar refractivity (Wildman–Crippen MR) is 128 cm³/mol. The van der Waals surface area contributed by atoms with Crippen LogP contribution in [-0.2, 0) is 0 Å². The van der Waals surface area contributed by atoms with E-state index in [0.717, 1.165) is 30.8 Å². The lowest BCUT2D eigenvalue weighted by atomic mass is 10.2. The molecule has 0 saturated carbocycles. The molecule has 0 N–H and O–H groups in total. The molecule has 0 spiro atoms. The van der Waals surface area contributed by atoms with Crippen molar-refractivity contribution < 1.29 is 0 Å². The number of azo groups is 2. The number of unbranched alkanes of at least 4 members (excludes halogenated alkanes) is 1. The van der Waals surface area contributed by atoms with Crippen LogP contribution in [-0.4, -0.2) is 13.1 Å². The summed E-state index contributed by atoms with van der Waals surface area (Å²) in [5, 5.41) is 36.3. The standard InChI is InChI=1S/C24H23N7S/c1-2-3-15-31(16-7-14-25)22-12-10-21(11-13-22)28-30-24-19(18-26)17-23(32-24)29-27-20-8-5-4-6-9-20/h4-6,8-13,17H,2-3,7,15-16H2,1H3. The molecule has 0 aliphatic carbocycles. The Morgan fingerprint density at radius 2 is 1.59 bits per heavy atom. The van der Waals surface area contributed by atoms with Crippen LogP contribution < -0.4 is 4.90 Å². The normalized spacial score (nSPS) is 11.0. The average Bonchev–Trinajstić information content (AvgIpc) is 3.25. The molecule has 0 bridgehead atoms. The molecule has 3 aromatic rings. The van der Waals surface area contributed by atoms with Crippen molar-refractivity contribution >= 4 is 38.4 Å². The van der Waals surface area contributed by atoms with Crippen LogP contribution >= 0.6 is 11.3 Å². The highest BCUT2D eigenvalue weighted by atomic mass is 32.1. The van der Waals surface area contributed by atoms with Gasteiger partial charge >= 0.3 is 0 Å². The second kappa shape index (κ2) is 12.1. The fraction of sp³-hybridized carbons (Fsp3) is 0.250. The van der Waals surface area contributed by atoms with Crippen molar-refractivity contribution in [2.24, 2.45) is 20.5 Å². The summed E-state index contributed by atoms with van der Waals surface area (Å²) in [5.74, 6) is 0. The van der Waals surface area contributed by atoms with Crippen molar-refractivity contribution in [3.63, 3.8) is 0 Å². The number of benzene rings is 2. The van der Waals surface area contributed by atoms with E-state index in [1.165, 1.54) is 11.3 Å². The maximum atomic E-state index is 9.41. The van der Waals surface area contributed by atoms with Crippen LogP contribution in [0.5, 0.6) is 0 Å². The maximum absolute atomic E-state index is 9.41. The fourth-order valence-corrected chi connectivity index (χ4v) is 3.66. The van der Waals surface area contributed by atoms with E-state index < -0.39 is 0 Å². The first-order valence-corrected chi connectivity index (χ1v) is 11.2. The van der Waals surface area contributed by atoms with E-state index in [0.29, 0.717) is 34.2 Å². The third-order valence-corrected chi connectivity index (χ3v) is 5.49. The maximum Gasteiger partial charge on any atom is 0.158 e. The Morgan fingerprint density at radius 1 is 0.875 bits per heavy atom. The van der Waals surface area contributed by atoms with E-state index in [9.17, 15) is 5.26 Å². The van der Waals surface area contributed by atoms with Crippen LogP contribution in [0.3, 0.4) is 0 Å². The van der Waals surface area contributed by atoms with Gasteiger partial charge in [0.25, 0.3) is 0 Å². The van der Waals surface area contributed by atoms with Gasteiger partial charge in [0.15, 0.2) is 5.00 Å². The molecule has 0 aliphatic heterocycles. The number of nitrogens with zero attached hydrogens (tertiary/aromatic N) is 7. The van der Waals surface area contributed by atoms with Gasteiger partial charge in [-0.25, -0.2) is 0 Å². The third-order valence-electron chi connectivity index (χ3n) is 4.59. The third kappa shape index (κ3) is 6.56. The Labute approximate surface area is 192 Å². The zero-order valence-electron chi connectivity index (χ0n) is 17.8. The SMILES string of the molecule is CCCCN(CCC#N)c1ccc(N=Nc2sc(N=Nc3ccccc3)cc2C#N)cc1. The first-order valence-electron chi connectivity index (χ1n) is 10.4. The minimum atomic E-state index is 0.416. The molecule has 3 rings (SSSR count). The lowest BCUT2D eigenvalue weighted by molar-refractivity contribution is 0.718. The summed E-state index contributed by atoms with van der Waals surface area (Å²) in [5.41, 5.74) is 2.91. The van der Waals surface area contributed by atoms with Gasteiger partial charge < -0.3 is 4.90 Å². The number of thiophene rings is 1. The predicted octanol–water partition coefficient (Wildman–Crippen LogP) is 7.97. The highest BCUT2D eigenvalue weighted by Crippen LogP contribution is 2.37. The molecule has 0 aliphatic rings. The topological polar surface area (TPSA) is 100 Å². The van der Waals surface area contributed by atoms with E-state index >= 15 is 0 Å². The van der Waals surface area contributed by atoms with E-state index in [4.69, 9.17) is 5.26 Å². The number of hydrogen-bond acceptors (Lipinski definition) is 8. The highest BCUT2D eigenvalue weighted by molar-refractivity contribution is 7.19. The van der Waals surface area contributed by atoms with Gasteiger partial charge in [0, 0.05) is 18.8 Å². The monoisotopic (exact) mass is 441 g/mol. The van der Waals surface area contributed by atoms with Crippen molar-refractivity contribution in [2.75, 3.05) is 18.0 Å². The highest BCUT2D eigenvalue weighted by Gasteiger charge is 2.09. The van der Waals surface area contributed by atoms with E-state index in [1.807, 2.05) is 54.6 Å². The number of hydrogen-bond donors (Lipinski definition) is 0. The minimum absolute atomic E-state index is 0.416. The Balaban J connectivity index is 1.71. The molecule has 8 heteroatoms. The smallest absolute Gasteiger partial charge is 0.158 e. The van der Waals surface area contributed by atoms with Crippen molar-refractivity contribution in [3.8, 4) is 12.1 Å². The van der Waals surface area contributed by atoms with E-state index in [2.05, 4.69) is 44.4 Å². The first kappa shape index (κ1) is 22.8. The Kier molecular flexibility index (Phi) is 8.61. The number of rotatable bonds is 10. The van der Waals surface area contributed by atoms with Gasteiger partial charge in [-0.05, 0) is 48.9 Å². The zero-order valence-corrected chi connectivity index (χ0v) is 18.7. The molecule has 0 radical (unpaired) electrons. The molecule has 7 nitrogen and oxygen atoms in total. The summed E-state index contributed by atoms with van der Waals surface area (Å²) < 4.78 is 0. The van der Waals surface area contributed by atoms with Gasteiger partial charge in [-0.15, -0.1) is 20.5 Å². The second-order valence-corrected chi connectivity index (χ2v) is 7.93. The molecule has 32 heavy (non-hydrogen) atoms. The molecule has 1 heterocycles. The lowest BCUT2D eigenvalue weighted by Crippen LogP contribution is -2.25. The molecular weight excluding hydrogens is 418 g/mol. The van der Waals surface area contributed by atoms with E-state index in [1.54, 1.807) is 6.07 Å². The second-order valence-electron chi connectivity index (χ2n) is 6.92. The molecule has 0 saturated heterocycles. The molecule has 0 unspecified atom stereocenters. The molecule has 0 fully saturated rings. The van der Waals surface area contributed by atoms with Crippen molar-refractivity contribution in [2.45, 2.75) is 26.2 Å². The van der Waals surface area contributed by atoms with Crippen LogP contribution in [0.2, 0.25) is 0 Å². The lowest BCUT2D eigenvalue weighted by Gasteiger charge is -2.23. The van der Waals surface area contributed by atoms with Gasteiger partial charge in [0.1, 0.15) is 11.1 Å². The quantitative estimate of drug-likeness (QED) is 0.298. The fourth-order valence-electron chi connectivity index (χ4n) is 2.91. The first-order chi connectivity index (χ1) is 15.7. The van der Waals surface area contributed by atoms with Crippen molar-refractivity contribution in [1.82, 2.24) is 0 Å². The molecule has 2 aromatic carbocycles. The van der Waals surface area contributed by atoms with Crippen LogP contribution in [0.25, 0.3) is 0 Å². The number of nitriles is 2. The van der Waals surface area contributed by atoms with Gasteiger partial charge in [0.2, 0.25) is 0 Å². The Morgan fingerprint density at radius 3 is 2.28 bits per heavy atom. The summed E-state index contributed by atoms with van der Waals surface area (Å²) in [6.45, 7) is 3.78. The summed E-state index contributed by atoms with van der Waals surface area (Å²) in [4.78, 5) is 2.21. The zero-order chi connectivity index (χ0) is 22.6. The Bertz CT molecular complexity index is 1140.